The third-order valence-corrected chi connectivity index (χ3v) is 7.56. The van der Waals surface area contributed by atoms with Crippen molar-refractivity contribution in [2.45, 2.75) is 44.7 Å². The molecule has 1 saturated heterocycles. The van der Waals surface area contributed by atoms with E-state index in [-0.39, 0.29) is 5.97 Å². The first-order valence-electron chi connectivity index (χ1n) is 13.7. The number of alkyl halides is 3. The number of halogens is 3. The third-order valence-electron chi connectivity index (χ3n) is 7.56. The lowest BCUT2D eigenvalue weighted by Gasteiger charge is -2.37. The first kappa shape index (κ1) is 28.7. The lowest BCUT2D eigenvalue weighted by Crippen LogP contribution is -2.47. The van der Waals surface area contributed by atoms with E-state index in [2.05, 4.69) is 9.80 Å². The van der Waals surface area contributed by atoms with E-state index in [4.69, 9.17) is 4.74 Å². The molecule has 0 amide bonds. The molecule has 39 heavy (non-hydrogen) atoms. The number of benzene rings is 3. The molecule has 1 aliphatic rings. The highest BCUT2D eigenvalue weighted by Gasteiger charge is 2.36. The zero-order chi connectivity index (χ0) is 27.9. The number of esters is 1. The molecule has 1 aliphatic heterocycles. The molecule has 0 spiro atoms. The second kappa shape index (κ2) is 12.7. The van der Waals surface area contributed by atoms with Crippen molar-refractivity contribution >= 4 is 11.7 Å². The van der Waals surface area contributed by atoms with E-state index in [0.717, 1.165) is 68.4 Å². The Labute approximate surface area is 229 Å². The predicted octanol–water partition coefficient (Wildman–Crippen LogP) is 7.19. The van der Waals surface area contributed by atoms with E-state index in [9.17, 15) is 18.0 Å². The Bertz CT molecular complexity index is 1220. The van der Waals surface area contributed by atoms with Crippen LogP contribution in [0.1, 0.15) is 44.2 Å². The van der Waals surface area contributed by atoms with Crippen molar-refractivity contribution in [3.8, 4) is 11.1 Å². The Hall–Kier alpha value is -3.32. The van der Waals surface area contributed by atoms with E-state index in [1.807, 2.05) is 68.4 Å². The molecular formula is C32H37F3N2O2. The lowest BCUT2D eigenvalue weighted by molar-refractivity contribution is -0.150. The van der Waals surface area contributed by atoms with Crippen molar-refractivity contribution < 1.29 is 22.7 Å². The van der Waals surface area contributed by atoms with Gasteiger partial charge >= 0.3 is 12.1 Å². The number of rotatable bonds is 10. The number of carbonyl (C=O) groups excluding carboxylic acids is 1. The van der Waals surface area contributed by atoms with Gasteiger partial charge in [-0.2, -0.15) is 13.2 Å². The zero-order valence-electron chi connectivity index (χ0n) is 22.7. The summed E-state index contributed by atoms with van der Waals surface area (Å²) in [6, 6.07) is 23.1. The molecule has 0 saturated carbocycles. The quantitative estimate of drug-likeness (QED) is 0.256. The molecule has 1 fully saturated rings. The summed E-state index contributed by atoms with van der Waals surface area (Å²) in [6.45, 7) is 8.73. The second-order valence-corrected chi connectivity index (χ2v) is 10.4. The van der Waals surface area contributed by atoms with Crippen LogP contribution in [0.5, 0.6) is 0 Å². The minimum atomic E-state index is -4.36. The summed E-state index contributed by atoms with van der Waals surface area (Å²) >= 11 is 0. The maximum Gasteiger partial charge on any atom is 0.416 e. The van der Waals surface area contributed by atoms with E-state index >= 15 is 0 Å². The minimum absolute atomic E-state index is 0.166. The Morgan fingerprint density at radius 2 is 1.49 bits per heavy atom. The van der Waals surface area contributed by atoms with Crippen molar-refractivity contribution in [3.05, 3.63) is 90.0 Å². The molecule has 0 aromatic heterocycles. The number of hydrogen-bond donors (Lipinski definition) is 0. The number of anilines is 1. The molecule has 0 radical (unpaired) electrons. The molecule has 1 unspecified atom stereocenters. The molecule has 4 rings (SSSR count). The molecule has 3 aromatic rings. The Morgan fingerprint density at radius 3 is 2.15 bits per heavy atom. The first-order chi connectivity index (χ1) is 18.7. The SMILES string of the molecule is CCCOC(=O)C(C)(CCCN1CCN(c2cccc(-c3cccc(C(F)(F)F)c3)c2)CC1)c1ccccc1. The van der Waals surface area contributed by atoms with Gasteiger partial charge < -0.3 is 9.64 Å². The van der Waals surface area contributed by atoms with Gasteiger partial charge in [0.15, 0.2) is 0 Å². The van der Waals surface area contributed by atoms with E-state index in [1.54, 1.807) is 6.07 Å². The molecule has 1 heterocycles. The van der Waals surface area contributed by atoms with Gasteiger partial charge in [-0.15, -0.1) is 0 Å². The van der Waals surface area contributed by atoms with Crippen LogP contribution in [-0.2, 0) is 21.1 Å². The van der Waals surface area contributed by atoms with Crippen LogP contribution >= 0.6 is 0 Å². The van der Waals surface area contributed by atoms with Gasteiger partial charge in [-0.1, -0.05) is 61.5 Å². The minimum Gasteiger partial charge on any atom is -0.465 e. The van der Waals surface area contributed by atoms with Gasteiger partial charge in [-0.3, -0.25) is 9.69 Å². The predicted molar refractivity (Wildman–Crippen MR) is 150 cm³/mol. The van der Waals surface area contributed by atoms with Crippen LogP contribution in [0.2, 0.25) is 0 Å². The maximum atomic E-state index is 13.2. The third kappa shape index (κ3) is 7.21. The Balaban J connectivity index is 1.34. The fourth-order valence-electron chi connectivity index (χ4n) is 5.17. The topological polar surface area (TPSA) is 32.8 Å². The van der Waals surface area contributed by atoms with Gasteiger partial charge in [0.2, 0.25) is 0 Å². The van der Waals surface area contributed by atoms with Crippen LogP contribution in [0.25, 0.3) is 11.1 Å². The second-order valence-electron chi connectivity index (χ2n) is 10.4. The first-order valence-corrected chi connectivity index (χ1v) is 13.7. The molecule has 7 heteroatoms. The van der Waals surface area contributed by atoms with Crippen molar-refractivity contribution in [3.63, 3.8) is 0 Å². The molecule has 1 atom stereocenters. The van der Waals surface area contributed by atoms with Crippen LogP contribution in [0.4, 0.5) is 18.9 Å². The van der Waals surface area contributed by atoms with Gasteiger partial charge in [0.05, 0.1) is 17.6 Å². The number of nitrogens with zero attached hydrogens (tertiary/aromatic N) is 2. The molecule has 3 aromatic carbocycles. The molecular weight excluding hydrogens is 501 g/mol. The Kier molecular flexibility index (Phi) is 9.33. The van der Waals surface area contributed by atoms with E-state index in [1.165, 1.54) is 12.1 Å². The van der Waals surface area contributed by atoms with Crippen LogP contribution in [0.3, 0.4) is 0 Å². The average Bonchev–Trinajstić information content (AvgIpc) is 2.96. The summed E-state index contributed by atoms with van der Waals surface area (Å²) in [5.74, 6) is -0.166. The van der Waals surface area contributed by atoms with E-state index in [0.29, 0.717) is 18.6 Å². The van der Waals surface area contributed by atoms with E-state index < -0.39 is 17.2 Å². The van der Waals surface area contributed by atoms with Crippen LogP contribution in [0.15, 0.2) is 78.9 Å². The van der Waals surface area contributed by atoms with Gasteiger partial charge in [-0.25, -0.2) is 0 Å². The lowest BCUT2D eigenvalue weighted by atomic mass is 9.78. The van der Waals surface area contributed by atoms with Crippen molar-refractivity contribution in [1.82, 2.24) is 4.90 Å². The highest BCUT2D eigenvalue weighted by molar-refractivity contribution is 5.82. The summed E-state index contributed by atoms with van der Waals surface area (Å²) in [6.07, 6.45) is -1.99. The highest BCUT2D eigenvalue weighted by Crippen LogP contribution is 2.34. The zero-order valence-corrected chi connectivity index (χ0v) is 22.7. The molecule has 0 aliphatic carbocycles. The van der Waals surface area contributed by atoms with Gasteiger partial charge in [0.25, 0.3) is 0 Å². The van der Waals surface area contributed by atoms with Crippen LogP contribution < -0.4 is 4.90 Å². The average molecular weight is 539 g/mol. The fourth-order valence-corrected chi connectivity index (χ4v) is 5.17. The highest BCUT2D eigenvalue weighted by atomic mass is 19.4. The Morgan fingerprint density at radius 1 is 0.846 bits per heavy atom. The largest absolute Gasteiger partial charge is 0.465 e. The normalized spacial score (nSPS) is 16.1. The molecule has 0 N–H and O–H groups in total. The maximum absolute atomic E-state index is 13.2. The monoisotopic (exact) mass is 538 g/mol. The molecule has 4 nitrogen and oxygen atoms in total. The van der Waals surface area contributed by atoms with Crippen molar-refractivity contribution in [2.24, 2.45) is 0 Å². The number of piperazine rings is 1. The van der Waals surface area contributed by atoms with Gasteiger partial charge in [0.1, 0.15) is 0 Å². The van der Waals surface area contributed by atoms with Crippen LogP contribution in [0, 0.1) is 0 Å². The van der Waals surface area contributed by atoms with Crippen molar-refractivity contribution in [2.75, 3.05) is 44.2 Å². The summed E-state index contributed by atoms with van der Waals surface area (Å²) in [4.78, 5) is 17.7. The summed E-state index contributed by atoms with van der Waals surface area (Å²) in [5.41, 5.74) is 2.01. The number of carbonyl (C=O) groups is 1. The molecule has 0 bridgehead atoms. The smallest absolute Gasteiger partial charge is 0.416 e. The van der Waals surface area contributed by atoms with Gasteiger partial charge in [-0.05, 0) is 73.7 Å². The van der Waals surface area contributed by atoms with Gasteiger partial charge in [0, 0.05) is 31.9 Å². The van der Waals surface area contributed by atoms with Crippen molar-refractivity contribution in [1.29, 1.82) is 0 Å². The standard InChI is InChI=1S/C32H37F3N2O2/c1-3-22-39-30(38)31(2,27-12-5-4-6-13-27)16-9-17-36-18-20-37(21-19-36)29-15-8-11-26(24-29)25-10-7-14-28(23-25)32(33,34)35/h4-8,10-15,23-24H,3,9,16-22H2,1-2H3. The number of hydrogen-bond acceptors (Lipinski definition) is 4. The molecule has 208 valence electrons. The van der Waals surface area contributed by atoms with Crippen LogP contribution in [-0.4, -0.2) is 50.2 Å². The summed E-state index contributed by atoms with van der Waals surface area (Å²) in [5, 5.41) is 0. The summed E-state index contributed by atoms with van der Waals surface area (Å²) < 4.78 is 45.1. The number of ether oxygens (including phenoxy) is 1. The summed E-state index contributed by atoms with van der Waals surface area (Å²) in [7, 11) is 0. The fraction of sp³-hybridized carbons (Fsp3) is 0.406.